The van der Waals surface area contributed by atoms with Crippen molar-refractivity contribution in [1.29, 1.82) is 0 Å². The zero-order valence-corrected chi connectivity index (χ0v) is 4.31. The van der Waals surface area contributed by atoms with Crippen molar-refractivity contribution < 1.29 is 5.11 Å². The normalized spacial score (nSPS) is 18.1. The van der Waals surface area contributed by atoms with E-state index in [1.54, 1.807) is 0 Å². The first kappa shape index (κ1) is 6.62. The Morgan fingerprint density at radius 1 is 2.00 bits per heavy atom. The molecule has 42 valence electrons. The van der Waals surface area contributed by atoms with Crippen LogP contribution in [0, 0.1) is 0 Å². The molecule has 3 heteroatoms. The summed E-state index contributed by atoms with van der Waals surface area (Å²) in [6, 6.07) is 0. The predicted molar refractivity (Wildman–Crippen MR) is 28.1 cm³/mol. The van der Waals surface area contributed by atoms with Gasteiger partial charge in [-0.05, 0) is 13.0 Å². The van der Waals surface area contributed by atoms with Crippen LogP contribution >= 0.6 is 0 Å². The molecule has 0 aromatic carbocycles. The predicted octanol–water partition coefficient (Wildman–Crippen LogP) is -0.656. The molecule has 0 aromatic heterocycles. The Morgan fingerprint density at radius 2 is 2.43 bits per heavy atom. The van der Waals surface area contributed by atoms with Crippen molar-refractivity contribution in [2.75, 3.05) is 0 Å². The highest BCUT2D eigenvalue weighted by atomic mass is 16.3. The molecule has 4 N–H and O–H groups in total. The van der Waals surface area contributed by atoms with Crippen LogP contribution in [0.3, 0.4) is 0 Å². The SMILES string of the molecule is C=CC(C)(O)NN. The summed E-state index contributed by atoms with van der Waals surface area (Å²) in [7, 11) is 0. The molecule has 0 rings (SSSR count). The van der Waals surface area contributed by atoms with E-state index in [2.05, 4.69) is 12.0 Å². The van der Waals surface area contributed by atoms with E-state index in [1.807, 2.05) is 0 Å². The van der Waals surface area contributed by atoms with Crippen molar-refractivity contribution in [2.24, 2.45) is 5.84 Å². The number of nitrogens with two attached hydrogens (primary N) is 1. The lowest BCUT2D eigenvalue weighted by Gasteiger charge is -2.15. The van der Waals surface area contributed by atoms with Crippen LogP contribution in [-0.4, -0.2) is 10.8 Å². The van der Waals surface area contributed by atoms with Gasteiger partial charge in [0.25, 0.3) is 0 Å². The molecule has 0 amide bonds. The Hall–Kier alpha value is -0.380. The minimum Gasteiger partial charge on any atom is -0.371 e. The number of hydrogen-bond donors (Lipinski definition) is 3. The summed E-state index contributed by atoms with van der Waals surface area (Å²) in [6.07, 6.45) is 1.31. The summed E-state index contributed by atoms with van der Waals surface area (Å²) in [5, 5.41) is 8.78. The van der Waals surface area contributed by atoms with Gasteiger partial charge in [0.1, 0.15) is 5.72 Å². The number of hydrogen-bond acceptors (Lipinski definition) is 3. The lowest BCUT2D eigenvalue weighted by atomic mass is 10.3. The molecule has 0 spiro atoms. The van der Waals surface area contributed by atoms with Crippen molar-refractivity contribution in [2.45, 2.75) is 12.6 Å². The van der Waals surface area contributed by atoms with Crippen molar-refractivity contribution in [3.05, 3.63) is 12.7 Å². The molecule has 0 aromatic rings. The highest BCUT2D eigenvalue weighted by Crippen LogP contribution is 1.92. The Kier molecular flexibility index (Phi) is 1.95. The lowest BCUT2D eigenvalue weighted by Crippen LogP contribution is -2.44. The van der Waals surface area contributed by atoms with Crippen LogP contribution in [0.2, 0.25) is 0 Å². The number of hydrazine groups is 1. The summed E-state index contributed by atoms with van der Waals surface area (Å²) in [5.74, 6) is 4.85. The molecule has 0 saturated heterocycles. The van der Waals surface area contributed by atoms with Gasteiger partial charge in [0, 0.05) is 0 Å². The molecule has 1 atom stereocenters. The molecule has 0 bridgehead atoms. The average molecular weight is 102 g/mol. The highest BCUT2D eigenvalue weighted by Gasteiger charge is 2.09. The molecule has 1 unspecified atom stereocenters. The first-order chi connectivity index (χ1) is 3.12. The maximum atomic E-state index is 8.78. The fourth-order valence-corrected chi connectivity index (χ4v) is 0.0589. The third-order valence-corrected chi connectivity index (χ3v) is 0.690. The third kappa shape index (κ3) is 2.33. The summed E-state index contributed by atoms with van der Waals surface area (Å²) in [4.78, 5) is 0. The van der Waals surface area contributed by atoms with E-state index < -0.39 is 5.72 Å². The smallest absolute Gasteiger partial charge is 0.144 e. The van der Waals surface area contributed by atoms with Gasteiger partial charge >= 0.3 is 0 Å². The maximum absolute atomic E-state index is 8.78. The van der Waals surface area contributed by atoms with Gasteiger partial charge in [0.05, 0.1) is 0 Å². The molecule has 0 heterocycles. The second kappa shape index (κ2) is 2.07. The van der Waals surface area contributed by atoms with Crippen molar-refractivity contribution in [3.63, 3.8) is 0 Å². The van der Waals surface area contributed by atoms with Gasteiger partial charge in [-0.25, -0.2) is 5.43 Å². The molecule has 0 aliphatic heterocycles. The molecule has 0 aliphatic rings. The van der Waals surface area contributed by atoms with E-state index in [0.29, 0.717) is 0 Å². The number of aliphatic hydroxyl groups is 1. The summed E-state index contributed by atoms with van der Waals surface area (Å²) < 4.78 is 0. The van der Waals surface area contributed by atoms with Crippen LogP contribution in [0.25, 0.3) is 0 Å². The van der Waals surface area contributed by atoms with E-state index >= 15 is 0 Å². The molecule has 3 nitrogen and oxygen atoms in total. The Labute approximate surface area is 42.8 Å². The number of rotatable bonds is 2. The summed E-state index contributed by atoms with van der Waals surface area (Å²) >= 11 is 0. The molecule has 0 saturated carbocycles. The van der Waals surface area contributed by atoms with Gasteiger partial charge in [-0.15, -0.1) is 0 Å². The second-order valence-corrected chi connectivity index (χ2v) is 1.50. The van der Waals surface area contributed by atoms with E-state index in [0.717, 1.165) is 0 Å². The first-order valence-corrected chi connectivity index (χ1v) is 1.96. The Morgan fingerprint density at radius 3 is 2.43 bits per heavy atom. The largest absolute Gasteiger partial charge is 0.371 e. The molecule has 0 fully saturated rings. The van der Waals surface area contributed by atoms with Gasteiger partial charge in [-0.2, -0.15) is 0 Å². The molecule has 0 aliphatic carbocycles. The zero-order valence-electron chi connectivity index (χ0n) is 4.31. The van der Waals surface area contributed by atoms with Crippen molar-refractivity contribution >= 4 is 0 Å². The fourth-order valence-electron chi connectivity index (χ4n) is 0.0589. The van der Waals surface area contributed by atoms with Gasteiger partial charge in [-0.3, -0.25) is 5.84 Å². The Bertz CT molecular complexity index is 70.1. The average Bonchev–Trinajstić information content (AvgIpc) is 1.68. The summed E-state index contributed by atoms with van der Waals surface area (Å²) in [5.41, 5.74) is 1.00. The van der Waals surface area contributed by atoms with Crippen molar-refractivity contribution in [1.82, 2.24) is 5.43 Å². The zero-order chi connectivity index (χ0) is 5.91. The van der Waals surface area contributed by atoms with E-state index in [-0.39, 0.29) is 0 Å². The van der Waals surface area contributed by atoms with Crippen LogP contribution < -0.4 is 11.3 Å². The van der Waals surface area contributed by atoms with Crippen LogP contribution in [0.5, 0.6) is 0 Å². The number of nitrogens with one attached hydrogen (secondary N) is 1. The minimum atomic E-state index is -1.12. The third-order valence-electron chi connectivity index (χ3n) is 0.690. The van der Waals surface area contributed by atoms with E-state index in [9.17, 15) is 0 Å². The van der Waals surface area contributed by atoms with Crippen LogP contribution in [-0.2, 0) is 0 Å². The maximum Gasteiger partial charge on any atom is 0.144 e. The van der Waals surface area contributed by atoms with Crippen LogP contribution in [0.4, 0.5) is 0 Å². The second-order valence-electron chi connectivity index (χ2n) is 1.50. The molecule has 7 heavy (non-hydrogen) atoms. The monoisotopic (exact) mass is 102 g/mol. The molecular formula is C4H10N2O. The minimum absolute atomic E-state index is 1.12. The lowest BCUT2D eigenvalue weighted by molar-refractivity contribution is 0.0748. The van der Waals surface area contributed by atoms with Crippen LogP contribution in [0.15, 0.2) is 12.7 Å². The van der Waals surface area contributed by atoms with Gasteiger partial charge in [0.15, 0.2) is 0 Å². The van der Waals surface area contributed by atoms with Gasteiger partial charge in [-0.1, -0.05) is 6.58 Å². The van der Waals surface area contributed by atoms with Gasteiger partial charge in [0.2, 0.25) is 0 Å². The van der Waals surface area contributed by atoms with Crippen LogP contribution in [0.1, 0.15) is 6.92 Å². The standard InChI is InChI=1S/C4H10N2O/c1-3-4(2,7)6-5/h3,6-7H,1,5H2,2H3. The first-order valence-electron chi connectivity index (χ1n) is 1.96. The van der Waals surface area contributed by atoms with Gasteiger partial charge < -0.3 is 5.11 Å². The van der Waals surface area contributed by atoms with Crippen molar-refractivity contribution in [3.8, 4) is 0 Å². The highest BCUT2D eigenvalue weighted by molar-refractivity contribution is 4.86. The Balaban J connectivity index is 3.58. The topological polar surface area (TPSA) is 58.3 Å². The fraction of sp³-hybridized carbons (Fsp3) is 0.500. The van der Waals surface area contributed by atoms with E-state index in [1.165, 1.54) is 13.0 Å². The summed E-state index contributed by atoms with van der Waals surface area (Å²) in [6.45, 7) is 4.81. The quantitative estimate of drug-likeness (QED) is 0.188. The molecular weight excluding hydrogens is 92.1 g/mol. The van der Waals surface area contributed by atoms with E-state index in [4.69, 9.17) is 10.9 Å². The molecule has 0 radical (unpaired) electrons.